The van der Waals surface area contributed by atoms with E-state index in [1.54, 1.807) is 14.0 Å². The SMILES string of the molecule is CC[C@@H](c1ccc(F)cc1)S(=O)(=O)c1nnc(-c2cccc(C)c2)n1C. The first-order valence-electron chi connectivity index (χ1n) is 8.30. The van der Waals surface area contributed by atoms with E-state index in [1.165, 1.54) is 28.8 Å². The second-order valence-corrected chi connectivity index (χ2v) is 8.25. The third kappa shape index (κ3) is 3.26. The molecule has 0 N–H and O–H groups in total. The molecular weight excluding hydrogens is 353 g/mol. The van der Waals surface area contributed by atoms with Crippen LogP contribution in [0.3, 0.4) is 0 Å². The van der Waals surface area contributed by atoms with Crippen molar-refractivity contribution in [3.63, 3.8) is 0 Å². The summed E-state index contributed by atoms with van der Waals surface area (Å²) in [5.41, 5.74) is 2.39. The molecule has 0 saturated carbocycles. The minimum absolute atomic E-state index is 0.0924. The highest BCUT2D eigenvalue weighted by Gasteiger charge is 2.32. The number of hydrogen-bond donors (Lipinski definition) is 0. The first-order chi connectivity index (χ1) is 12.3. The summed E-state index contributed by atoms with van der Waals surface area (Å²) in [6.07, 6.45) is 0.348. The van der Waals surface area contributed by atoms with Gasteiger partial charge in [0.05, 0.1) is 5.25 Å². The molecule has 2 aromatic carbocycles. The van der Waals surface area contributed by atoms with Gasteiger partial charge in [0.15, 0.2) is 5.82 Å². The normalized spacial score (nSPS) is 12.9. The first-order valence-corrected chi connectivity index (χ1v) is 9.85. The molecule has 3 rings (SSSR count). The summed E-state index contributed by atoms with van der Waals surface area (Å²) >= 11 is 0. The number of aryl methyl sites for hydroxylation is 1. The van der Waals surface area contributed by atoms with Gasteiger partial charge >= 0.3 is 0 Å². The van der Waals surface area contributed by atoms with E-state index in [4.69, 9.17) is 0 Å². The van der Waals surface area contributed by atoms with Gasteiger partial charge in [-0.1, -0.05) is 42.8 Å². The zero-order valence-corrected chi connectivity index (χ0v) is 15.7. The Morgan fingerprint density at radius 1 is 1.12 bits per heavy atom. The Morgan fingerprint density at radius 2 is 1.81 bits per heavy atom. The third-order valence-corrected chi connectivity index (χ3v) is 6.57. The summed E-state index contributed by atoms with van der Waals surface area (Å²) in [5.74, 6) is 0.0858. The predicted octanol–water partition coefficient (Wildman–Crippen LogP) is 3.85. The van der Waals surface area contributed by atoms with Gasteiger partial charge < -0.3 is 4.57 Å². The zero-order valence-electron chi connectivity index (χ0n) is 14.8. The molecule has 0 bridgehead atoms. The van der Waals surface area contributed by atoms with Crippen LogP contribution in [-0.4, -0.2) is 23.2 Å². The van der Waals surface area contributed by atoms with Crippen LogP contribution in [0.1, 0.15) is 29.7 Å². The van der Waals surface area contributed by atoms with Crippen molar-refractivity contribution in [3.8, 4) is 11.4 Å². The van der Waals surface area contributed by atoms with Crippen molar-refractivity contribution in [3.05, 3.63) is 65.5 Å². The minimum atomic E-state index is -3.78. The van der Waals surface area contributed by atoms with E-state index in [0.29, 0.717) is 17.8 Å². The molecule has 0 fully saturated rings. The van der Waals surface area contributed by atoms with E-state index in [-0.39, 0.29) is 5.16 Å². The summed E-state index contributed by atoms with van der Waals surface area (Å²) in [6, 6.07) is 13.2. The lowest BCUT2D eigenvalue weighted by Crippen LogP contribution is -2.17. The molecule has 0 aliphatic heterocycles. The van der Waals surface area contributed by atoms with Crippen LogP contribution in [0.25, 0.3) is 11.4 Å². The van der Waals surface area contributed by atoms with Crippen molar-refractivity contribution >= 4 is 9.84 Å². The smallest absolute Gasteiger partial charge is 0.250 e. The summed E-state index contributed by atoms with van der Waals surface area (Å²) in [6.45, 7) is 3.74. The van der Waals surface area contributed by atoms with Crippen molar-refractivity contribution in [1.82, 2.24) is 14.8 Å². The molecular formula is C19H20FN3O2S. The van der Waals surface area contributed by atoms with Gasteiger partial charge in [0.25, 0.3) is 0 Å². The average Bonchev–Trinajstić information content (AvgIpc) is 2.99. The summed E-state index contributed by atoms with van der Waals surface area (Å²) in [7, 11) is -2.14. The first kappa shape index (κ1) is 18.3. The fraction of sp³-hybridized carbons (Fsp3) is 0.263. The number of hydrogen-bond acceptors (Lipinski definition) is 4. The molecule has 0 aliphatic rings. The Kier molecular flexibility index (Phi) is 4.91. The van der Waals surface area contributed by atoms with Crippen molar-refractivity contribution in [2.45, 2.75) is 30.7 Å². The van der Waals surface area contributed by atoms with Crippen LogP contribution < -0.4 is 0 Å². The molecule has 0 radical (unpaired) electrons. The molecule has 7 heteroatoms. The van der Waals surface area contributed by atoms with E-state index in [2.05, 4.69) is 10.2 Å². The zero-order chi connectivity index (χ0) is 18.9. The summed E-state index contributed by atoms with van der Waals surface area (Å²) < 4.78 is 41.0. The summed E-state index contributed by atoms with van der Waals surface area (Å²) in [5, 5.41) is 7.15. The molecule has 1 heterocycles. The second kappa shape index (κ2) is 6.99. The topological polar surface area (TPSA) is 64.8 Å². The van der Waals surface area contributed by atoms with Gasteiger partial charge in [-0.25, -0.2) is 12.8 Å². The highest BCUT2D eigenvalue weighted by Crippen LogP contribution is 2.32. The molecule has 1 atom stereocenters. The standard InChI is InChI=1S/C19H20FN3O2S/c1-4-17(14-8-10-16(20)11-9-14)26(24,25)19-22-21-18(23(19)3)15-7-5-6-13(2)12-15/h5-12,17H,4H2,1-3H3/t17-/m0/s1. The molecule has 0 amide bonds. The van der Waals surface area contributed by atoms with Crippen LogP contribution in [0.15, 0.2) is 53.7 Å². The monoisotopic (exact) mass is 373 g/mol. The van der Waals surface area contributed by atoms with Crippen LogP contribution in [0.5, 0.6) is 0 Å². The molecule has 1 aromatic heterocycles. The highest BCUT2D eigenvalue weighted by molar-refractivity contribution is 7.91. The van der Waals surface area contributed by atoms with E-state index >= 15 is 0 Å². The number of halogens is 1. The third-order valence-electron chi connectivity index (χ3n) is 4.35. The fourth-order valence-corrected chi connectivity index (χ4v) is 4.87. The fourth-order valence-electron chi connectivity index (χ4n) is 3.04. The van der Waals surface area contributed by atoms with E-state index in [1.807, 2.05) is 31.2 Å². The van der Waals surface area contributed by atoms with Crippen molar-refractivity contribution in [2.24, 2.45) is 7.05 Å². The number of aromatic nitrogens is 3. The lowest BCUT2D eigenvalue weighted by Gasteiger charge is -2.16. The largest absolute Gasteiger partial charge is 0.301 e. The average molecular weight is 373 g/mol. The van der Waals surface area contributed by atoms with Gasteiger partial charge in [-0.15, -0.1) is 10.2 Å². The van der Waals surface area contributed by atoms with Crippen LogP contribution in [-0.2, 0) is 16.9 Å². The lowest BCUT2D eigenvalue weighted by atomic mass is 10.1. The Labute approximate surface area is 152 Å². The Balaban J connectivity index is 2.06. The molecule has 3 aromatic rings. The van der Waals surface area contributed by atoms with E-state index < -0.39 is 20.9 Å². The Bertz CT molecular complexity index is 1030. The summed E-state index contributed by atoms with van der Waals surface area (Å²) in [4.78, 5) is 0. The van der Waals surface area contributed by atoms with E-state index in [9.17, 15) is 12.8 Å². The number of sulfone groups is 1. The molecule has 136 valence electrons. The van der Waals surface area contributed by atoms with E-state index in [0.717, 1.165) is 11.1 Å². The highest BCUT2D eigenvalue weighted by atomic mass is 32.2. The van der Waals surface area contributed by atoms with Gasteiger partial charge in [0, 0.05) is 12.6 Å². The molecule has 0 aliphatic carbocycles. The number of rotatable bonds is 5. The minimum Gasteiger partial charge on any atom is -0.301 e. The maximum absolute atomic E-state index is 13.2. The van der Waals surface area contributed by atoms with Gasteiger partial charge in [0.1, 0.15) is 5.82 Å². The van der Waals surface area contributed by atoms with Crippen LogP contribution in [0, 0.1) is 12.7 Å². The quantitative estimate of drug-likeness (QED) is 0.681. The molecule has 0 spiro atoms. The van der Waals surface area contributed by atoms with Gasteiger partial charge in [-0.2, -0.15) is 0 Å². The molecule has 5 nitrogen and oxygen atoms in total. The molecule has 26 heavy (non-hydrogen) atoms. The van der Waals surface area contributed by atoms with Crippen molar-refractivity contribution in [2.75, 3.05) is 0 Å². The maximum atomic E-state index is 13.2. The van der Waals surface area contributed by atoms with Crippen LogP contribution in [0.2, 0.25) is 0 Å². The maximum Gasteiger partial charge on any atom is 0.250 e. The van der Waals surface area contributed by atoms with Crippen LogP contribution >= 0.6 is 0 Å². The van der Waals surface area contributed by atoms with Crippen LogP contribution in [0.4, 0.5) is 4.39 Å². The van der Waals surface area contributed by atoms with Gasteiger partial charge in [0.2, 0.25) is 15.0 Å². The molecule has 0 unspecified atom stereocenters. The predicted molar refractivity (Wildman–Crippen MR) is 97.8 cm³/mol. The van der Waals surface area contributed by atoms with Gasteiger partial charge in [-0.3, -0.25) is 0 Å². The molecule has 0 saturated heterocycles. The second-order valence-electron chi connectivity index (χ2n) is 6.23. The Hall–Kier alpha value is -2.54. The lowest BCUT2D eigenvalue weighted by molar-refractivity contribution is 0.561. The number of nitrogens with zero attached hydrogens (tertiary/aromatic N) is 3. The Morgan fingerprint density at radius 3 is 2.42 bits per heavy atom. The van der Waals surface area contributed by atoms with Gasteiger partial charge in [-0.05, 0) is 37.1 Å². The number of benzene rings is 2. The van der Waals surface area contributed by atoms with Crippen molar-refractivity contribution in [1.29, 1.82) is 0 Å². The van der Waals surface area contributed by atoms with Crippen molar-refractivity contribution < 1.29 is 12.8 Å².